The average Bonchev–Trinajstić information content (AvgIpc) is 3.53. The number of nitrogens with one attached hydrogen (secondary N) is 2. The molecule has 0 amide bonds. The van der Waals surface area contributed by atoms with Gasteiger partial charge in [0.05, 0.1) is 22.8 Å². The Morgan fingerprint density at radius 2 is 1.31 bits per heavy atom. The highest BCUT2D eigenvalue weighted by molar-refractivity contribution is 5.97. The maximum absolute atomic E-state index is 6.23. The Kier molecular flexibility index (Phi) is 4.55. The zero-order chi connectivity index (χ0) is 24.6. The van der Waals surface area contributed by atoms with E-state index in [0.29, 0.717) is 25.0 Å². The van der Waals surface area contributed by atoms with Gasteiger partial charge in [0.25, 0.3) is 0 Å². The average molecular weight is 477 g/mol. The van der Waals surface area contributed by atoms with Crippen LogP contribution in [0.15, 0.2) is 48.5 Å². The molecule has 6 nitrogen and oxygen atoms in total. The summed E-state index contributed by atoms with van der Waals surface area (Å²) in [7, 11) is 0. The summed E-state index contributed by atoms with van der Waals surface area (Å²) < 4.78 is 12.3. The first kappa shape index (κ1) is 21.2. The summed E-state index contributed by atoms with van der Waals surface area (Å²) in [5.74, 6) is 4.49. The van der Waals surface area contributed by atoms with E-state index >= 15 is 0 Å². The van der Waals surface area contributed by atoms with E-state index < -0.39 is 0 Å². The van der Waals surface area contributed by atoms with Crippen LogP contribution in [-0.2, 0) is 13.2 Å². The number of fused-ring (bicyclic) bond motifs is 8. The van der Waals surface area contributed by atoms with Crippen LogP contribution in [0.1, 0.15) is 62.6 Å². The third-order valence-corrected chi connectivity index (χ3v) is 7.22. The van der Waals surface area contributed by atoms with E-state index in [0.717, 1.165) is 78.9 Å². The van der Waals surface area contributed by atoms with E-state index in [1.165, 1.54) is 0 Å². The first-order valence-electron chi connectivity index (χ1n) is 12.6. The van der Waals surface area contributed by atoms with E-state index in [2.05, 4.69) is 86.2 Å². The van der Waals surface area contributed by atoms with Crippen LogP contribution in [0.2, 0.25) is 0 Å². The van der Waals surface area contributed by atoms with E-state index in [1.54, 1.807) is 0 Å². The lowest BCUT2D eigenvalue weighted by Gasteiger charge is -2.19. The van der Waals surface area contributed by atoms with Crippen LogP contribution in [0.3, 0.4) is 0 Å². The molecule has 5 aromatic rings. The van der Waals surface area contributed by atoms with Gasteiger partial charge in [-0.2, -0.15) is 0 Å². The highest BCUT2D eigenvalue weighted by Crippen LogP contribution is 2.44. The van der Waals surface area contributed by atoms with E-state index in [-0.39, 0.29) is 0 Å². The summed E-state index contributed by atoms with van der Waals surface area (Å²) >= 11 is 0. The number of aromatic nitrogens is 4. The number of H-pyrrole nitrogens is 2. The van der Waals surface area contributed by atoms with Crippen LogP contribution in [0.25, 0.3) is 44.4 Å². The Morgan fingerprint density at radius 3 is 2.03 bits per heavy atom. The minimum atomic E-state index is 0.347. The van der Waals surface area contributed by atoms with Gasteiger partial charge in [0.15, 0.2) is 0 Å². The standard InChI is InChI=1S/C30H28N4O2/c1-15(2)29-31-23-13-35-25-12-18(6-9-21(25)26(23)33-29)17-5-8-20-19(11-17)7-10-22-27-24(14-36-28(20)22)32-30(34-27)16(3)4/h5-12,15-16H,13-14H2,1-4H3,(H,31,33)(H,32,34). The maximum atomic E-state index is 6.23. The molecule has 0 spiro atoms. The van der Waals surface area contributed by atoms with Crippen LogP contribution in [0.4, 0.5) is 0 Å². The lowest BCUT2D eigenvalue weighted by Crippen LogP contribution is -2.05. The molecule has 0 aliphatic carbocycles. The minimum absolute atomic E-state index is 0.347. The molecule has 2 N–H and O–H groups in total. The predicted octanol–water partition coefficient (Wildman–Crippen LogP) is 7.32. The fourth-order valence-corrected chi connectivity index (χ4v) is 5.19. The summed E-state index contributed by atoms with van der Waals surface area (Å²) in [6.45, 7) is 9.62. The summed E-state index contributed by atoms with van der Waals surface area (Å²) in [4.78, 5) is 16.6. The quantitative estimate of drug-likeness (QED) is 0.286. The molecule has 0 atom stereocenters. The largest absolute Gasteiger partial charge is 0.487 e. The molecule has 7 rings (SSSR count). The smallest absolute Gasteiger partial charge is 0.137 e. The van der Waals surface area contributed by atoms with Gasteiger partial charge in [0.2, 0.25) is 0 Å². The van der Waals surface area contributed by atoms with E-state index in [9.17, 15) is 0 Å². The lowest BCUT2D eigenvalue weighted by molar-refractivity contribution is 0.298. The number of hydrogen-bond donors (Lipinski definition) is 2. The van der Waals surface area contributed by atoms with Crippen molar-refractivity contribution >= 4 is 10.8 Å². The molecule has 2 aliphatic heterocycles. The highest BCUT2D eigenvalue weighted by atomic mass is 16.5. The number of benzene rings is 3. The van der Waals surface area contributed by atoms with Crippen LogP contribution in [-0.4, -0.2) is 19.9 Å². The molecule has 0 unspecified atom stereocenters. The molecule has 4 heterocycles. The molecule has 2 aliphatic rings. The minimum Gasteiger partial charge on any atom is -0.487 e. The van der Waals surface area contributed by atoms with Gasteiger partial charge in [-0.25, -0.2) is 9.97 Å². The van der Waals surface area contributed by atoms with Crippen molar-refractivity contribution in [3.63, 3.8) is 0 Å². The van der Waals surface area contributed by atoms with Crippen molar-refractivity contribution in [1.82, 2.24) is 19.9 Å². The van der Waals surface area contributed by atoms with Gasteiger partial charge in [-0.3, -0.25) is 0 Å². The van der Waals surface area contributed by atoms with Gasteiger partial charge >= 0.3 is 0 Å². The van der Waals surface area contributed by atoms with Gasteiger partial charge in [-0.1, -0.05) is 52.0 Å². The lowest BCUT2D eigenvalue weighted by atomic mass is 9.95. The van der Waals surface area contributed by atoms with Crippen LogP contribution < -0.4 is 9.47 Å². The molecule has 0 saturated heterocycles. The maximum Gasteiger partial charge on any atom is 0.137 e. The van der Waals surface area contributed by atoms with Crippen molar-refractivity contribution in [2.45, 2.75) is 52.7 Å². The zero-order valence-corrected chi connectivity index (χ0v) is 20.9. The Labute approximate surface area is 209 Å². The summed E-state index contributed by atoms with van der Waals surface area (Å²) in [5, 5.41) is 2.25. The number of imidazole rings is 2. The molecule has 6 heteroatoms. The summed E-state index contributed by atoms with van der Waals surface area (Å²) in [6, 6.07) is 17.2. The second-order valence-corrected chi connectivity index (χ2v) is 10.4. The van der Waals surface area contributed by atoms with Crippen LogP contribution in [0, 0.1) is 0 Å². The first-order valence-corrected chi connectivity index (χ1v) is 12.6. The molecule has 0 radical (unpaired) electrons. The van der Waals surface area contributed by atoms with E-state index in [4.69, 9.17) is 19.4 Å². The molecule has 0 bridgehead atoms. The third-order valence-electron chi connectivity index (χ3n) is 7.22. The first-order chi connectivity index (χ1) is 17.5. The van der Waals surface area contributed by atoms with Crippen molar-refractivity contribution in [2.24, 2.45) is 0 Å². The van der Waals surface area contributed by atoms with E-state index in [1.807, 2.05) is 0 Å². The Hall–Kier alpha value is -4.06. The van der Waals surface area contributed by atoms with Crippen molar-refractivity contribution in [2.75, 3.05) is 0 Å². The molecule has 0 fully saturated rings. The normalized spacial score (nSPS) is 13.7. The highest BCUT2D eigenvalue weighted by Gasteiger charge is 2.25. The van der Waals surface area contributed by atoms with Crippen molar-refractivity contribution in [3.8, 4) is 45.1 Å². The van der Waals surface area contributed by atoms with Gasteiger partial charge in [-0.05, 0) is 40.8 Å². The van der Waals surface area contributed by atoms with Gasteiger partial charge in [0, 0.05) is 28.3 Å². The Balaban J connectivity index is 1.27. The third kappa shape index (κ3) is 3.17. The topological polar surface area (TPSA) is 75.8 Å². The second-order valence-electron chi connectivity index (χ2n) is 10.4. The monoisotopic (exact) mass is 476 g/mol. The molecule has 180 valence electrons. The number of rotatable bonds is 3. The molecular formula is C30H28N4O2. The van der Waals surface area contributed by atoms with Crippen molar-refractivity contribution in [1.29, 1.82) is 0 Å². The fourth-order valence-electron chi connectivity index (χ4n) is 5.19. The molecule has 36 heavy (non-hydrogen) atoms. The SMILES string of the molecule is CC(C)c1nc2c([nH]1)COc1cc(-c3ccc4c5c(ccc4c3)-c3nc(C(C)C)[nH]c3CO5)ccc1-2. The fraction of sp³-hybridized carbons (Fsp3) is 0.267. The Bertz CT molecular complexity index is 1660. The summed E-state index contributed by atoms with van der Waals surface area (Å²) in [6.07, 6.45) is 0. The summed E-state index contributed by atoms with van der Waals surface area (Å²) in [5.41, 5.74) is 8.48. The number of aromatic amines is 2. The number of nitrogens with zero attached hydrogens (tertiary/aromatic N) is 2. The zero-order valence-electron chi connectivity index (χ0n) is 20.9. The van der Waals surface area contributed by atoms with Gasteiger partial charge in [0.1, 0.15) is 36.4 Å². The van der Waals surface area contributed by atoms with Gasteiger partial charge in [-0.15, -0.1) is 0 Å². The van der Waals surface area contributed by atoms with Crippen molar-refractivity contribution < 1.29 is 9.47 Å². The number of hydrogen-bond acceptors (Lipinski definition) is 4. The van der Waals surface area contributed by atoms with Crippen LogP contribution >= 0.6 is 0 Å². The molecule has 2 aromatic heterocycles. The Morgan fingerprint density at radius 1 is 0.694 bits per heavy atom. The number of ether oxygens (including phenoxy) is 2. The second kappa shape index (κ2) is 7.72. The van der Waals surface area contributed by atoms with Gasteiger partial charge < -0.3 is 19.4 Å². The van der Waals surface area contributed by atoms with Crippen molar-refractivity contribution in [3.05, 3.63) is 71.6 Å². The predicted molar refractivity (Wildman–Crippen MR) is 141 cm³/mol. The molecule has 3 aromatic carbocycles. The molecule has 0 saturated carbocycles. The molecular weight excluding hydrogens is 448 g/mol. The van der Waals surface area contributed by atoms with Crippen LogP contribution in [0.5, 0.6) is 11.5 Å².